The number of rotatable bonds is 6. The Bertz CT molecular complexity index is 407. The highest BCUT2D eigenvalue weighted by Gasteiger charge is 2.08. The normalized spacial score (nSPS) is 9.76. The molecule has 0 radical (unpaired) electrons. The molecule has 0 atom stereocenters. The maximum atomic E-state index is 11.3. The van der Waals surface area contributed by atoms with Crippen LogP contribution < -0.4 is 10.1 Å². The van der Waals surface area contributed by atoms with Crippen LogP contribution in [-0.4, -0.2) is 25.3 Å². The van der Waals surface area contributed by atoms with Crippen molar-refractivity contribution in [3.63, 3.8) is 0 Å². The Hall–Kier alpha value is -1.55. The lowest BCUT2D eigenvalue weighted by Gasteiger charge is -2.09. The van der Waals surface area contributed by atoms with Crippen LogP contribution in [0.3, 0.4) is 0 Å². The molecule has 0 saturated carbocycles. The molecule has 0 heterocycles. The van der Waals surface area contributed by atoms with Gasteiger partial charge in [0.05, 0.1) is 10.6 Å². The minimum absolute atomic E-state index is 0.124. The molecule has 1 amide bonds. The van der Waals surface area contributed by atoms with E-state index < -0.39 is 0 Å². The number of nitrogens with one attached hydrogen (secondary N) is 1. The molecule has 17 heavy (non-hydrogen) atoms. The van der Waals surface area contributed by atoms with Crippen LogP contribution in [0.15, 0.2) is 18.2 Å². The Kier molecular flexibility index (Phi) is 5.49. The summed E-state index contributed by atoms with van der Waals surface area (Å²) in [6.45, 7) is 2.45. The molecule has 0 bridgehead atoms. The van der Waals surface area contributed by atoms with Gasteiger partial charge in [0.1, 0.15) is 5.75 Å². The van der Waals surface area contributed by atoms with Crippen molar-refractivity contribution in [2.75, 3.05) is 13.2 Å². The molecule has 5 heteroatoms. The maximum Gasteiger partial charge on any atom is 0.257 e. The lowest BCUT2D eigenvalue weighted by atomic mass is 10.2. The fourth-order valence-corrected chi connectivity index (χ4v) is 1.43. The maximum absolute atomic E-state index is 11.3. The lowest BCUT2D eigenvalue weighted by molar-refractivity contribution is -0.123. The molecule has 0 spiro atoms. The van der Waals surface area contributed by atoms with Crippen LogP contribution in [-0.2, 0) is 4.79 Å². The topological polar surface area (TPSA) is 55.4 Å². The predicted octanol–water partition coefficient (Wildman–Crippen LogP) is 2.06. The second-order valence-corrected chi connectivity index (χ2v) is 3.82. The number of aldehydes is 1. The van der Waals surface area contributed by atoms with Gasteiger partial charge >= 0.3 is 0 Å². The highest BCUT2D eigenvalue weighted by Crippen LogP contribution is 2.24. The van der Waals surface area contributed by atoms with Gasteiger partial charge < -0.3 is 10.1 Å². The first kappa shape index (κ1) is 13.5. The summed E-state index contributed by atoms with van der Waals surface area (Å²) in [5.41, 5.74) is 0.262. The largest absolute Gasteiger partial charge is 0.483 e. The van der Waals surface area contributed by atoms with Crippen molar-refractivity contribution in [3.05, 3.63) is 28.8 Å². The molecular weight excluding hydrogens is 242 g/mol. The molecule has 1 aromatic carbocycles. The Morgan fingerprint density at radius 2 is 2.29 bits per heavy atom. The highest BCUT2D eigenvalue weighted by molar-refractivity contribution is 6.33. The zero-order valence-corrected chi connectivity index (χ0v) is 10.3. The number of ether oxygens (including phenoxy) is 1. The summed E-state index contributed by atoms with van der Waals surface area (Å²) >= 11 is 5.82. The Labute approximate surface area is 105 Å². The van der Waals surface area contributed by atoms with E-state index in [4.69, 9.17) is 16.3 Å². The smallest absolute Gasteiger partial charge is 0.257 e. The zero-order chi connectivity index (χ0) is 12.7. The van der Waals surface area contributed by atoms with E-state index in [0.717, 1.165) is 6.42 Å². The summed E-state index contributed by atoms with van der Waals surface area (Å²) in [6, 6.07) is 4.85. The van der Waals surface area contributed by atoms with Crippen molar-refractivity contribution in [2.45, 2.75) is 13.3 Å². The van der Waals surface area contributed by atoms with Gasteiger partial charge in [0, 0.05) is 6.54 Å². The van der Waals surface area contributed by atoms with E-state index in [-0.39, 0.29) is 18.1 Å². The quantitative estimate of drug-likeness (QED) is 0.792. The molecule has 0 saturated heterocycles. The van der Waals surface area contributed by atoms with Gasteiger partial charge in [0.15, 0.2) is 12.9 Å². The summed E-state index contributed by atoms with van der Waals surface area (Å²) in [5.74, 6) is 0.0998. The van der Waals surface area contributed by atoms with Gasteiger partial charge in [-0.05, 0) is 18.6 Å². The van der Waals surface area contributed by atoms with Gasteiger partial charge in [-0.2, -0.15) is 0 Å². The number of carbonyl (C=O) groups is 2. The minimum atomic E-state index is -0.219. The Morgan fingerprint density at radius 3 is 2.94 bits per heavy atom. The lowest BCUT2D eigenvalue weighted by Crippen LogP contribution is -2.29. The molecule has 0 unspecified atom stereocenters. The van der Waals surface area contributed by atoms with E-state index in [0.29, 0.717) is 23.6 Å². The van der Waals surface area contributed by atoms with Crippen LogP contribution in [0.1, 0.15) is 23.7 Å². The third kappa shape index (κ3) is 4.07. The molecule has 92 valence electrons. The van der Waals surface area contributed by atoms with Crippen molar-refractivity contribution in [2.24, 2.45) is 0 Å². The number of hydrogen-bond donors (Lipinski definition) is 1. The summed E-state index contributed by atoms with van der Waals surface area (Å²) in [5, 5.41) is 2.98. The van der Waals surface area contributed by atoms with Gasteiger partial charge in [-0.25, -0.2) is 0 Å². The summed E-state index contributed by atoms with van der Waals surface area (Å²) in [7, 11) is 0. The molecule has 0 aliphatic carbocycles. The Morgan fingerprint density at radius 1 is 1.53 bits per heavy atom. The van der Waals surface area contributed by atoms with Crippen molar-refractivity contribution >= 4 is 23.8 Å². The molecule has 1 N–H and O–H groups in total. The number of benzene rings is 1. The SMILES string of the molecule is CCCNC(=O)COc1cccc(Cl)c1C=O. The van der Waals surface area contributed by atoms with E-state index in [1.807, 2.05) is 6.92 Å². The van der Waals surface area contributed by atoms with Crippen molar-refractivity contribution < 1.29 is 14.3 Å². The molecule has 0 aliphatic heterocycles. The van der Waals surface area contributed by atoms with E-state index in [1.54, 1.807) is 18.2 Å². The first-order chi connectivity index (χ1) is 8.19. The number of carbonyl (C=O) groups excluding carboxylic acids is 2. The molecule has 0 aromatic heterocycles. The van der Waals surface area contributed by atoms with Crippen LogP contribution in [0.5, 0.6) is 5.75 Å². The van der Waals surface area contributed by atoms with Gasteiger partial charge in [0.25, 0.3) is 5.91 Å². The average molecular weight is 256 g/mol. The van der Waals surface area contributed by atoms with E-state index in [2.05, 4.69) is 5.32 Å². The first-order valence-corrected chi connectivity index (χ1v) is 5.70. The molecular formula is C12H14ClNO3. The summed E-state index contributed by atoms with van der Waals surface area (Å²) in [4.78, 5) is 22.1. The highest BCUT2D eigenvalue weighted by atomic mass is 35.5. The predicted molar refractivity (Wildman–Crippen MR) is 65.6 cm³/mol. The molecule has 1 rings (SSSR count). The van der Waals surface area contributed by atoms with Crippen LogP contribution >= 0.6 is 11.6 Å². The van der Waals surface area contributed by atoms with E-state index >= 15 is 0 Å². The molecule has 1 aromatic rings. The first-order valence-electron chi connectivity index (χ1n) is 5.32. The third-order valence-electron chi connectivity index (χ3n) is 2.06. The fraction of sp³-hybridized carbons (Fsp3) is 0.333. The van der Waals surface area contributed by atoms with Crippen LogP contribution in [0.4, 0.5) is 0 Å². The molecule has 4 nitrogen and oxygen atoms in total. The van der Waals surface area contributed by atoms with Crippen molar-refractivity contribution in [1.29, 1.82) is 0 Å². The van der Waals surface area contributed by atoms with Gasteiger partial charge in [-0.1, -0.05) is 24.6 Å². The second-order valence-electron chi connectivity index (χ2n) is 3.41. The van der Waals surface area contributed by atoms with Crippen LogP contribution in [0.2, 0.25) is 5.02 Å². The van der Waals surface area contributed by atoms with Crippen LogP contribution in [0.25, 0.3) is 0 Å². The summed E-state index contributed by atoms with van der Waals surface area (Å²) in [6.07, 6.45) is 1.48. The van der Waals surface area contributed by atoms with Gasteiger partial charge in [0.2, 0.25) is 0 Å². The van der Waals surface area contributed by atoms with Gasteiger partial charge in [-0.3, -0.25) is 9.59 Å². The Balaban J connectivity index is 2.60. The molecule has 0 aliphatic rings. The average Bonchev–Trinajstić information content (AvgIpc) is 2.33. The summed E-state index contributed by atoms with van der Waals surface area (Å²) < 4.78 is 5.24. The molecule has 0 fully saturated rings. The van der Waals surface area contributed by atoms with Crippen molar-refractivity contribution in [3.8, 4) is 5.75 Å². The standard InChI is InChI=1S/C12H14ClNO3/c1-2-6-14-12(16)8-17-11-5-3-4-10(13)9(11)7-15/h3-5,7H,2,6,8H2,1H3,(H,14,16). The fourth-order valence-electron chi connectivity index (χ4n) is 1.22. The van der Waals surface area contributed by atoms with Crippen LogP contribution in [0, 0.1) is 0 Å². The number of halogens is 1. The minimum Gasteiger partial charge on any atom is -0.483 e. The second kappa shape index (κ2) is 6.91. The van der Waals surface area contributed by atoms with E-state index in [1.165, 1.54) is 0 Å². The zero-order valence-electron chi connectivity index (χ0n) is 9.53. The monoisotopic (exact) mass is 255 g/mol. The third-order valence-corrected chi connectivity index (χ3v) is 2.39. The van der Waals surface area contributed by atoms with E-state index in [9.17, 15) is 9.59 Å². The number of hydrogen-bond acceptors (Lipinski definition) is 3. The van der Waals surface area contributed by atoms with Gasteiger partial charge in [-0.15, -0.1) is 0 Å². The number of amides is 1. The van der Waals surface area contributed by atoms with Crippen molar-refractivity contribution in [1.82, 2.24) is 5.32 Å².